The topological polar surface area (TPSA) is 60.0 Å². The Morgan fingerprint density at radius 3 is 2.75 bits per heavy atom. The molecule has 1 fully saturated rings. The zero-order valence-electron chi connectivity index (χ0n) is 13.5. The molecule has 1 atom stereocenters. The van der Waals surface area contributed by atoms with Crippen molar-refractivity contribution in [2.75, 3.05) is 18.0 Å². The predicted octanol–water partition coefficient (Wildman–Crippen LogP) is 2.86. The normalized spacial score (nSPS) is 17.9. The molecule has 1 aliphatic rings. The number of anilines is 1. The summed E-state index contributed by atoms with van der Waals surface area (Å²) in [5.41, 5.74) is 9.47. The van der Waals surface area contributed by atoms with Gasteiger partial charge in [-0.05, 0) is 18.9 Å². The summed E-state index contributed by atoms with van der Waals surface area (Å²) < 4.78 is 2.11. The van der Waals surface area contributed by atoms with Crippen LogP contribution in [-0.2, 0) is 0 Å². The second-order valence-electron chi connectivity index (χ2n) is 6.20. The molecule has 1 aromatic carbocycles. The molecule has 1 aliphatic heterocycles. The van der Waals surface area contributed by atoms with Crippen molar-refractivity contribution in [3.8, 4) is 17.1 Å². The van der Waals surface area contributed by atoms with Gasteiger partial charge in [-0.1, -0.05) is 30.3 Å². The van der Waals surface area contributed by atoms with Crippen LogP contribution in [0.5, 0.6) is 0 Å². The van der Waals surface area contributed by atoms with Gasteiger partial charge in [0, 0.05) is 43.3 Å². The van der Waals surface area contributed by atoms with Gasteiger partial charge >= 0.3 is 0 Å². The third-order valence-corrected chi connectivity index (χ3v) is 4.51. The molecule has 5 heteroatoms. The second kappa shape index (κ2) is 6.45. The molecule has 1 saturated heterocycles. The average molecular weight is 319 g/mol. The highest BCUT2D eigenvalue weighted by Gasteiger charge is 2.21. The molecule has 0 aliphatic carbocycles. The number of pyridine rings is 1. The van der Waals surface area contributed by atoms with Crippen LogP contribution in [0.2, 0.25) is 0 Å². The minimum absolute atomic E-state index is 0.233. The van der Waals surface area contributed by atoms with Crippen molar-refractivity contribution < 1.29 is 0 Å². The van der Waals surface area contributed by atoms with E-state index in [2.05, 4.69) is 37.6 Å². The molecule has 0 spiro atoms. The Morgan fingerprint density at radius 2 is 1.92 bits per heavy atom. The molecule has 0 amide bonds. The number of nitrogens with zero attached hydrogens (tertiary/aromatic N) is 4. The van der Waals surface area contributed by atoms with Crippen LogP contribution in [0.3, 0.4) is 0 Å². The minimum atomic E-state index is 0.233. The highest BCUT2D eigenvalue weighted by molar-refractivity contribution is 5.67. The molecular formula is C19H21N5. The fourth-order valence-electron chi connectivity index (χ4n) is 3.36. The summed E-state index contributed by atoms with van der Waals surface area (Å²) >= 11 is 0. The van der Waals surface area contributed by atoms with Gasteiger partial charge in [0.1, 0.15) is 5.82 Å². The molecule has 24 heavy (non-hydrogen) atoms. The van der Waals surface area contributed by atoms with Crippen molar-refractivity contribution in [3.63, 3.8) is 0 Å². The van der Waals surface area contributed by atoms with Crippen LogP contribution in [0.15, 0.2) is 61.2 Å². The molecule has 122 valence electrons. The highest BCUT2D eigenvalue weighted by atomic mass is 15.2. The predicted molar refractivity (Wildman–Crippen MR) is 96.2 cm³/mol. The largest absolute Gasteiger partial charge is 0.368 e. The Morgan fingerprint density at radius 1 is 1.04 bits per heavy atom. The lowest BCUT2D eigenvalue weighted by Crippen LogP contribution is -2.43. The summed E-state index contributed by atoms with van der Waals surface area (Å²) in [5, 5.41) is 0. The molecular weight excluding hydrogens is 298 g/mol. The van der Waals surface area contributed by atoms with Gasteiger partial charge in [-0.3, -0.25) is 9.55 Å². The summed E-state index contributed by atoms with van der Waals surface area (Å²) in [6.07, 6.45) is 9.80. The molecule has 5 nitrogen and oxygen atoms in total. The van der Waals surface area contributed by atoms with Crippen molar-refractivity contribution in [3.05, 3.63) is 61.2 Å². The van der Waals surface area contributed by atoms with Gasteiger partial charge in [-0.25, -0.2) is 4.98 Å². The van der Waals surface area contributed by atoms with E-state index in [0.29, 0.717) is 0 Å². The molecule has 2 N–H and O–H groups in total. The fraction of sp³-hybridized carbons (Fsp3) is 0.263. The van der Waals surface area contributed by atoms with Crippen LogP contribution in [0.1, 0.15) is 12.8 Å². The summed E-state index contributed by atoms with van der Waals surface area (Å²) in [6.45, 7) is 1.91. The van der Waals surface area contributed by atoms with Gasteiger partial charge in [0.05, 0.1) is 17.6 Å². The van der Waals surface area contributed by atoms with Crippen LogP contribution in [0, 0.1) is 0 Å². The Kier molecular flexibility index (Phi) is 4.01. The summed E-state index contributed by atoms with van der Waals surface area (Å²) in [6, 6.07) is 12.5. The lowest BCUT2D eigenvalue weighted by Gasteiger charge is -2.33. The third kappa shape index (κ3) is 2.78. The number of nitrogens with two attached hydrogens (primary N) is 1. The molecule has 3 heterocycles. The standard InChI is InChI=1S/C19H21N5/c20-16-7-4-11-23(14-16)17-8-9-21-13-18(17)24-12-10-22-19(24)15-5-2-1-3-6-15/h1-3,5-6,8-10,12-13,16H,4,7,11,14,20H2/t16-/m0/s1. The van der Waals surface area contributed by atoms with Crippen molar-refractivity contribution in [1.29, 1.82) is 0 Å². The minimum Gasteiger partial charge on any atom is -0.368 e. The zero-order valence-corrected chi connectivity index (χ0v) is 13.5. The maximum absolute atomic E-state index is 6.18. The Hall–Kier alpha value is -2.66. The summed E-state index contributed by atoms with van der Waals surface area (Å²) in [4.78, 5) is 11.3. The molecule has 0 saturated carbocycles. The van der Waals surface area contributed by atoms with Crippen molar-refractivity contribution in [2.45, 2.75) is 18.9 Å². The van der Waals surface area contributed by atoms with Crippen LogP contribution >= 0.6 is 0 Å². The first kappa shape index (κ1) is 14.9. The van der Waals surface area contributed by atoms with Gasteiger partial charge in [0.2, 0.25) is 0 Å². The number of rotatable bonds is 3. The van der Waals surface area contributed by atoms with E-state index in [1.54, 1.807) is 0 Å². The van der Waals surface area contributed by atoms with E-state index in [1.165, 1.54) is 0 Å². The van der Waals surface area contributed by atoms with Crippen molar-refractivity contribution in [2.24, 2.45) is 5.73 Å². The number of hydrogen-bond acceptors (Lipinski definition) is 4. The Bertz CT molecular complexity index is 811. The fourth-order valence-corrected chi connectivity index (χ4v) is 3.36. The van der Waals surface area contributed by atoms with Gasteiger partial charge in [0.15, 0.2) is 0 Å². The van der Waals surface area contributed by atoms with Gasteiger partial charge in [-0.2, -0.15) is 0 Å². The van der Waals surface area contributed by atoms with Crippen LogP contribution in [0.25, 0.3) is 17.1 Å². The smallest absolute Gasteiger partial charge is 0.144 e. The zero-order chi connectivity index (χ0) is 16.4. The van der Waals surface area contributed by atoms with Crippen LogP contribution in [-0.4, -0.2) is 33.7 Å². The van der Waals surface area contributed by atoms with E-state index < -0.39 is 0 Å². The van der Waals surface area contributed by atoms with E-state index in [-0.39, 0.29) is 6.04 Å². The summed E-state index contributed by atoms with van der Waals surface area (Å²) in [7, 11) is 0. The van der Waals surface area contributed by atoms with Gasteiger partial charge in [0.25, 0.3) is 0 Å². The maximum atomic E-state index is 6.18. The van der Waals surface area contributed by atoms with Crippen molar-refractivity contribution >= 4 is 5.69 Å². The first-order valence-electron chi connectivity index (χ1n) is 8.36. The lowest BCUT2D eigenvalue weighted by atomic mass is 10.1. The molecule has 0 bridgehead atoms. The molecule has 3 aromatic rings. The molecule has 4 rings (SSSR count). The Balaban J connectivity index is 1.78. The third-order valence-electron chi connectivity index (χ3n) is 4.51. The lowest BCUT2D eigenvalue weighted by molar-refractivity contribution is 0.505. The molecule has 2 aromatic heterocycles. The van der Waals surface area contributed by atoms with Gasteiger partial charge in [-0.15, -0.1) is 0 Å². The first-order chi connectivity index (χ1) is 11.8. The van der Waals surface area contributed by atoms with Crippen LogP contribution in [0.4, 0.5) is 5.69 Å². The first-order valence-corrected chi connectivity index (χ1v) is 8.36. The van der Waals surface area contributed by atoms with Crippen molar-refractivity contribution in [1.82, 2.24) is 14.5 Å². The maximum Gasteiger partial charge on any atom is 0.144 e. The number of piperidine rings is 1. The SMILES string of the molecule is N[C@H]1CCCN(c2ccncc2-n2ccnc2-c2ccccc2)C1. The second-order valence-corrected chi connectivity index (χ2v) is 6.20. The number of imidazole rings is 1. The van der Waals surface area contributed by atoms with E-state index in [9.17, 15) is 0 Å². The van der Waals surface area contributed by atoms with E-state index in [1.807, 2.05) is 43.0 Å². The van der Waals surface area contributed by atoms with Crippen LogP contribution < -0.4 is 10.6 Å². The van der Waals surface area contributed by atoms with E-state index in [0.717, 1.165) is 48.7 Å². The molecule has 0 radical (unpaired) electrons. The van der Waals surface area contributed by atoms with E-state index >= 15 is 0 Å². The number of aromatic nitrogens is 3. The van der Waals surface area contributed by atoms with Gasteiger partial charge < -0.3 is 10.6 Å². The highest BCUT2D eigenvalue weighted by Crippen LogP contribution is 2.29. The average Bonchev–Trinajstić information content (AvgIpc) is 3.12. The number of benzene rings is 1. The molecule has 0 unspecified atom stereocenters. The number of hydrogen-bond donors (Lipinski definition) is 1. The quantitative estimate of drug-likeness (QED) is 0.806. The Labute approximate surface area is 141 Å². The van der Waals surface area contributed by atoms with E-state index in [4.69, 9.17) is 5.73 Å². The monoisotopic (exact) mass is 319 g/mol. The summed E-state index contributed by atoms with van der Waals surface area (Å²) in [5.74, 6) is 0.922.